The molecule has 2 aromatic rings. The summed E-state index contributed by atoms with van der Waals surface area (Å²) >= 11 is 3.48. The summed E-state index contributed by atoms with van der Waals surface area (Å²) in [6.45, 7) is 3.53. The van der Waals surface area contributed by atoms with E-state index in [-0.39, 0.29) is 6.04 Å². The number of ether oxygens (including phenoxy) is 1. The molecule has 0 radical (unpaired) electrons. The number of nitrogens with zero attached hydrogens (tertiary/aromatic N) is 2. The highest BCUT2D eigenvalue weighted by Crippen LogP contribution is 2.28. The molecule has 0 saturated heterocycles. The number of hydrogen-bond acceptors (Lipinski definition) is 3. The van der Waals surface area contributed by atoms with E-state index in [9.17, 15) is 0 Å². The molecule has 0 bridgehead atoms. The first-order chi connectivity index (χ1) is 9.20. The first-order valence-electron chi connectivity index (χ1n) is 6.26. The van der Waals surface area contributed by atoms with Crippen LogP contribution in [0.1, 0.15) is 18.5 Å². The molecule has 102 valence electrons. The van der Waals surface area contributed by atoms with Crippen molar-refractivity contribution in [1.29, 1.82) is 0 Å². The van der Waals surface area contributed by atoms with Gasteiger partial charge in [-0.15, -0.1) is 0 Å². The van der Waals surface area contributed by atoms with Crippen LogP contribution in [-0.4, -0.2) is 23.2 Å². The monoisotopic (exact) mass is 323 g/mol. The predicted octanol–water partition coefficient (Wildman–Crippen LogP) is 3.01. The molecule has 0 aliphatic heterocycles. The average molecular weight is 324 g/mol. The van der Waals surface area contributed by atoms with E-state index < -0.39 is 0 Å². The SMILES string of the molecule is CNC(C)c1ccc(Br)cc1OCCn1ccnc1. The van der Waals surface area contributed by atoms with Crippen LogP contribution < -0.4 is 10.1 Å². The fraction of sp³-hybridized carbons (Fsp3) is 0.357. The summed E-state index contributed by atoms with van der Waals surface area (Å²) in [6, 6.07) is 6.39. The van der Waals surface area contributed by atoms with Crippen molar-refractivity contribution in [2.75, 3.05) is 13.7 Å². The summed E-state index contributed by atoms with van der Waals surface area (Å²) in [5, 5.41) is 3.23. The predicted molar refractivity (Wildman–Crippen MR) is 79.3 cm³/mol. The number of benzene rings is 1. The average Bonchev–Trinajstić information content (AvgIpc) is 2.91. The molecule has 1 aromatic heterocycles. The van der Waals surface area contributed by atoms with Crippen LogP contribution in [0.5, 0.6) is 5.75 Å². The van der Waals surface area contributed by atoms with Crippen molar-refractivity contribution in [3.05, 3.63) is 47.0 Å². The Kier molecular flexibility index (Phi) is 4.99. The largest absolute Gasteiger partial charge is 0.491 e. The van der Waals surface area contributed by atoms with E-state index in [1.807, 2.05) is 29.9 Å². The number of hydrogen-bond donors (Lipinski definition) is 1. The quantitative estimate of drug-likeness (QED) is 0.888. The third kappa shape index (κ3) is 3.81. The number of nitrogens with one attached hydrogen (secondary N) is 1. The molecular weight excluding hydrogens is 306 g/mol. The fourth-order valence-electron chi connectivity index (χ4n) is 1.83. The van der Waals surface area contributed by atoms with Gasteiger partial charge >= 0.3 is 0 Å². The summed E-state index contributed by atoms with van der Waals surface area (Å²) < 4.78 is 8.92. The molecule has 0 saturated carbocycles. The van der Waals surface area contributed by atoms with Crippen molar-refractivity contribution in [3.8, 4) is 5.75 Å². The van der Waals surface area contributed by atoms with Gasteiger partial charge < -0.3 is 14.6 Å². The minimum Gasteiger partial charge on any atom is -0.491 e. The fourth-order valence-corrected chi connectivity index (χ4v) is 2.17. The van der Waals surface area contributed by atoms with Crippen LogP contribution in [0.3, 0.4) is 0 Å². The lowest BCUT2D eigenvalue weighted by molar-refractivity contribution is 0.293. The van der Waals surface area contributed by atoms with Gasteiger partial charge in [0, 0.05) is 28.5 Å². The Morgan fingerprint density at radius 1 is 1.47 bits per heavy atom. The second-order valence-electron chi connectivity index (χ2n) is 4.34. The molecule has 0 fully saturated rings. The molecule has 1 heterocycles. The molecule has 19 heavy (non-hydrogen) atoms. The van der Waals surface area contributed by atoms with Gasteiger partial charge in [0.1, 0.15) is 12.4 Å². The van der Waals surface area contributed by atoms with E-state index in [4.69, 9.17) is 4.74 Å². The molecule has 0 aliphatic rings. The molecule has 1 atom stereocenters. The zero-order chi connectivity index (χ0) is 13.7. The highest BCUT2D eigenvalue weighted by molar-refractivity contribution is 9.10. The molecule has 5 heteroatoms. The van der Waals surface area contributed by atoms with E-state index in [2.05, 4.69) is 39.2 Å². The molecule has 4 nitrogen and oxygen atoms in total. The third-order valence-corrected chi connectivity index (χ3v) is 3.53. The Labute approximate surface area is 121 Å². The van der Waals surface area contributed by atoms with E-state index >= 15 is 0 Å². The zero-order valence-corrected chi connectivity index (χ0v) is 12.7. The van der Waals surface area contributed by atoms with Gasteiger partial charge in [-0.1, -0.05) is 22.0 Å². The number of rotatable bonds is 6. The first-order valence-corrected chi connectivity index (χ1v) is 7.05. The minimum absolute atomic E-state index is 0.261. The van der Waals surface area contributed by atoms with E-state index in [1.54, 1.807) is 12.5 Å². The normalized spacial score (nSPS) is 12.4. The van der Waals surface area contributed by atoms with Gasteiger partial charge in [-0.25, -0.2) is 4.98 Å². The molecule has 1 unspecified atom stereocenters. The Morgan fingerprint density at radius 2 is 2.32 bits per heavy atom. The van der Waals surface area contributed by atoms with Gasteiger partial charge in [-0.05, 0) is 26.1 Å². The van der Waals surface area contributed by atoms with Crippen LogP contribution in [0.2, 0.25) is 0 Å². The molecule has 0 aliphatic carbocycles. The maximum atomic E-state index is 5.90. The van der Waals surface area contributed by atoms with E-state index in [1.165, 1.54) is 0 Å². The first kappa shape index (κ1) is 14.1. The summed E-state index contributed by atoms with van der Waals surface area (Å²) in [6.07, 6.45) is 5.50. The highest BCUT2D eigenvalue weighted by Gasteiger charge is 2.10. The van der Waals surface area contributed by atoms with Gasteiger partial charge in [-0.2, -0.15) is 0 Å². The Hall–Kier alpha value is -1.33. The van der Waals surface area contributed by atoms with Crippen LogP contribution in [0.15, 0.2) is 41.4 Å². The van der Waals surface area contributed by atoms with Crippen LogP contribution in [0.4, 0.5) is 0 Å². The highest BCUT2D eigenvalue weighted by atomic mass is 79.9. The Bertz CT molecular complexity index is 513. The number of halogens is 1. The van der Waals surface area contributed by atoms with Crippen molar-refractivity contribution >= 4 is 15.9 Å². The summed E-state index contributed by atoms with van der Waals surface area (Å²) in [5.74, 6) is 0.913. The molecule has 2 rings (SSSR count). The second kappa shape index (κ2) is 6.73. The number of aromatic nitrogens is 2. The van der Waals surface area contributed by atoms with Gasteiger partial charge in [0.2, 0.25) is 0 Å². The smallest absolute Gasteiger partial charge is 0.125 e. The topological polar surface area (TPSA) is 39.1 Å². The molecular formula is C14H18BrN3O. The zero-order valence-electron chi connectivity index (χ0n) is 11.1. The van der Waals surface area contributed by atoms with Crippen LogP contribution >= 0.6 is 15.9 Å². The molecule has 1 N–H and O–H groups in total. The van der Waals surface area contributed by atoms with Crippen LogP contribution in [-0.2, 0) is 6.54 Å². The van der Waals surface area contributed by atoms with Gasteiger partial charge in [0.25, 0.3) is 0 Å². The lowest BCUT2D eigenvalue weighted by atomic mass is 10.1. The number of imidazole rings is 1. The Morgan fingerprint density at radius 3 is 3.00 bits per heavy atom. The van der Waals surface area contributed by atoms with Crippen molar-refractivity contribution in [1.82, 2.24) is 14.9 Å². The van der Waals surface area contributed by atoms with Gasteiger partial charge in [-0.3, -0.25) is 0 Å². The van der Waals surface area contributed by atoms with E-state index in [0.29, 0.717) is 6.61 Å². The summed E-state index contributed by atoms with van der Waals surface area (Å²) in [7, 11) is 1.95. The van der Waals surface area contributed by atoms with Gasteiger partial charge in [0.05, 0.1) is 12.9 Å². The van der Waals surface area contributed by atoms with Crippen molar-refractivity contribution in [3.63, 3.8) is 0 Å². The van der Waals surface area contributed by atoms with Crippen LogP contribution in [0, 0.1) is 0 Å². The lowest BCUT2D eigenvalue weighted by Gasteiger charge is -2.17. The maximum Gasteiger partial charge on any atom is 0.125 e. The third-order valence-electron chi connectivity index (χ3n) is 3.04. The second-order valence-corrected chi connectivity index (χ2v) is 5.26. The molecule has 0 spiro atoms. The van der Waals surface area contributed by atoms with Crippen LogP contribution in [0.25, 0.3) is 0 Å². The standard InChI is InChI=1S/C14H18BrN3O/c1-11(16-2)13-4-3-12(15)9-14(13)19-8-7-18-6-5-17-10-18/h3-6,9-11,16H,7-8H2,1-2H3. The van der Waals surface area contributed by atoms with Crippen molar-refractivity contribution < 1.29 is 4.74 Å². The molecule has 0 amide bonds. The van der Waals surface area contributed by atoms with Gasteiger partial charge in [0.15, 0.2) is 0 Å². The summed E-state index contributed by atoms with van der Waals surface area (Å²) in [5.41, 5.74) is 1.16. The summed E-state index contributed by atoms with van der Waals surface area (Å²) in [4.78, 5) is 4.01. The Balaban J connectivity index is 2.03. The lowest BCUT2D eigenvalue weighted by Crippen LogP contribution is -2.15. The van der Waals surface area contributed by atoms with E-state index in [0.717, 1.165) is 22.3 Å². The minimum atomic E-state index is 0.261. The molecule has 1 aromatic carbocycles. The maximum absolute atomic E-state index is 5.90. The van der Waals surface area contributed by atoms with Crippen molar-refractivity contribution in [2.45, 2.75) is 19.5 Å². The van der Waals surface area contributed by atoms with Crippen molar-refractivity contribution in [2.24, 2.45) is 0 Å².